The molecule has 0 saturated heterocycles. The number of hydrogen-bond acceptors (Lipinski definition) is 2. The zero-order valence-electron chi connectivity index (χ0n) is 7.98. The Balaban J connectivity index is 3.82. The highest BCUT2D eigenvalue weighted by Gasteiger charge is 2.22. The van der Waals surface area contributed by atoms with Crippen molar-refractivity contribution in [1.82, 2.24) is 0 Å². The van der Waals surface area contributed by atoms with Gasteiger partial charge in [-0.3, -0.25) is 0 Å². The standard InChI is InChI=1S/C9H19NO/c1-7(2)6-11-9(4,5)8(3)10/h8H,1,6,10H2,2-5H3. The Bertz CT molecular complexity index is 138. The molecule has 11 heavy (non-hydrogen) atoms. The molecule has 2 nitrogen and oxygen atoms in total. The van der Waals surface area contributed by atoms with Crippen molar-refractivity contribution in [2.24, 2.45) is 5.73 Å². The predicted molar refractivity (Wildman–Crippen MR) is 48.5 cm³/mol. The first-order chi connectivity index (χ1) is 4.86. The van der Waals surface area contributed by atoms with Gasteiger partial charge in [0.15, 0.2) is 0 Å². The molecule has 0 aromatic rings. The molecule has 0 rings (SSSR count). The van der Waals surface area contributed by atoms with E-state index in [0.717, 1.165) is 5.57 Å². The van der Waals surface area contributed by atoms with Crippen molar-refractivity contribution in [2.45, 2.75) is 39.3 Å². The van der Waals surface area contributed by atoms with Crippen molar-refractivity contribution in [3.05, 3.63) is 12.2 Å². The monoisotopic (exact) mass is 157 g/mol. The number of hydrogen-bond donors (Lipinski definition) is 1. The van der Waals surface area contributed by atoms with E-state index in [0.29, 0.717) is 6.61 Å². The summed E-state index contributed by atoms with van der Waals surface area (Å²) in [7, 11) is 0. The van der Waals surface area contributed by atoms with E-state index in [9.17, 15) is 0 Å². The lowest BCUT2D eigenvalue weighted by Gasteiger charge is -2.29. The average Bonchev–Trinajstić information content (AvgIpc) is 1.84. The van der Waals surface area contributed by atoms with Crippen LogP contribution in [0.25, 0.3) is 0 Å². The summed E-state index contributed by atoms with van der Waals surface area (Å²) >= 11 is 0. The van der Waals surface area contributed by atoms with Crippen LogP contribution in [0.15, 0.2) is 12.2 Å². The van der Waals surface area contributed by atoms with Crippen LogP contribution in [0, 0.1) is 0 Å². The fourth-order valence-corrected chi connectivity index (χ4v) is 0.441. The molecule has 0 fully saturated rings. The Morgan fingerprint density at radius 1 is 1.64 bits per heavy atom. The summed E-state index contributed by atoms with van der Waals surface area (Å²) in [5.74, 6) is 0. The van der Waals surface area contributed by atoms with Gasteiger partial charge in [0.1, 0.15) is 0 Å². The van der Waals surface area contributed by atoms with Crippen LogP contribution in [0.5, 0.6) is 0 Å². The number of rotatable bonds is 4. The molecule has 2 heteroatoms. The third kappa shape index (κ3) is 4.17. The average molecular weight is 157 g/mol. The lowest BCUT2D eigenvalue weighted by molar-refractivity contribution is -0.0195. The van der Waals surface area contributed by atoms with Crippen LogP contribution in [0.3, 0.4) is 0 Å². The van der Waals surface area contributed by atoms with Crippen LogP contribution >= 0.6 is 0 Å². The highest BCUT2D eigenvalue weighted by Crippen LogP contribution is 2.13. The van der Waals surface area contributed by atoms with Crippen LogP contribution in [-0.2, 0) is 4.74 Å². The molecule has 0 amide bonds. The van der Waals surface area contributed by atoms with Gasteiger partial charge in [-0.05, 0) is 27.7 Å². The Hall–Kier alpha value is -0.340. The quantitative estimate of drug-likeness (QED) is 0.630. The SMILES string of the molecule is C=C(C)COC(C)(C)C(C)N. The van der Waals surface area contributed by atoms with E-state index in [1.165, 1.54) is 0 Å². The van der Waals surface area contributed by atoms with Crippen LogP contribution < -0.4 is 5.73 Å². The minimum atomic E-state index is -0.251. The van der Waals surface area contributed by atoms with Gasteiger partial charge in [0, 0.05) is 6.04 Å². The fraction of sp³-hybridized carbons (Fsp3) is 0.778. The van der Waals surface area contributed by atoms with E-state index in [1.54, 1.807) is 0 Å². The molecule has 0 aliphatic rings. The van der Waals surface area contributed by atoms with Crippen molar-refractivity contribution in [2.75, 3.05) is 6.61 Å². The van der Waals surface area contributed by atoms with Crippen LogP contribution in [0.4, 0.5) is 0 Å². The van der Waals surface area contributed by atoms with Crippen LogP contribution in [-0.4, -0.2) is 18.2 Å². The second-order valence-electron chi connectivity index (χ2n) is 3.64. The van der Waals surface area contributed by atoms with Gasteiger partial charge in [-0.2, -0.15) is 0 Å². The molecule has 1 atom stereocenters. The third-order valence-electron chi connectivity index (χ3n) is 1.79. The molecular formula is C9H19NO. The minimum absolute atomic E-state index is 0.0434. The summed E-state index contributed by atoms with van der Waals surface area (Å²) in [5, 5.41) is 0. The summed E-state index contributed by atoms with van der Waals surface area (Å²) in [6.07, 6.45) is 0. The Kier molecular flexibility index (Phi) is 3.76. The van der Waals surface area contributed by atoms with E-state index in [-0.39, 0.29) is 11.6 Å². The fourth-order valence-electron chi connectivity index (χ4n) is 0.441. The molecule has 0 aliphatic heterocycles. The second kappa shape index (κ2) is 3.88. The maximum Gasteiger partial charge on any atom is 0.0778 e. The Morgan fingerprint density at radius 3 is 2.36 bits per heavy atom. The number of nitrogens with two attached hydrogens (primary N) is 1. The molecule has 2 N–H and O–H groups in total. The van der Waals surface area contributed by atoms with Crippen molar-refractivity contribution >= 4 is 0 Å². The van der Waals surface area contributed by atoms with Crippen molar-refractivity contribution in [3.8, 4) is 0 Å². The molecule has 0 heterocycles. The highest BCUT2D eigenvalue weighted by atomic mass is 16.5. The van der Waals surface area contributed by atoms with Gasteiger partial charge < -0.3 is 10.5 Å². The van der Waals surface area contributed by atoms with E-state index in [1.807, 2.05) is 27.7 Å². The van der Waals surface area contributed by atoms with Crippen molar-refractivity contribution in [1.29, 1.82) is 0 Å². The zero-order chi connectivity index (χ0) is 9.07. The molecule has 0 aliphatic carbocycles. The van der Waals surface area contributed by atoms with Gasteiger partial charge in [0.05, 0.1) is 12.2 Å². The molecule has 0 aromatic heterocycles. The first-order valence-corrected chi connectivity index (χ1v) is 3.90. The topological polar surface area (TPSA) is 35.2 Å². The van der Waals surface area contributed by atoms with E-state index in [2.05, 4.69) is 6.58 Å². The number of ether oxygens (including phenoxy) is 1. The van der Waals surface area contributed by atoms with Gasteiger partial charge in [-0.1, -0.05) is 12.2 Å². The largest absolute Gasteiger partial charge is 0.370 e. The molecule has 0 bridgehead atoms. The van der Waals surface area contributed by atoms with E-state index in [4.69, 9.17) is 10.5 Å². The first kappa shape index (κ1) is 10.7. The summed E-state index contributed by atoms with van der Waals surface area (Å²) in [6, 6.07) is 0.0434. The van der Waals surface area contributed by atoms with E-state index >= 15 is 0 Å². The molecule has 0 radical (unpaired) electrons. The summed E-state index contributed by atoms with van der Waals surface area (Å²) in [5.41, 5.74) is 6.48. The lowest BCUT2D eigenvalue weighted by atomic mass is 10.0. The minimum Gasteiger partial charge on any atom is -0.370 e. The van der Waals surface area contributed by atoms with Gasteiger partial charge in [-0.25, -0.2) is 0 Å². The van der Waals surface area contributed by atoms with Crippen molar-refractivity contribution in [3.63, 3.8) is 0 Å². The molecule has 1 unspecified atom stereocenters. The molecular weight excluding hydrogens is 138 g/mol. The van der Waals surface area contributed by atoms with Gasteiger partial charge in [0.2, 0.25) is 0 Å². The summed E-state index contributed by atoms with van der Waals surface area (Å²) in [4.78, 5) is 0. The van der Waals surface area contributed by atoms with Crippen LogP contribution in [0.1, 0.15) is 27.7 Å². The second-order valence-corrected chi connectivity index (χ2v) is 3.64. The molecule has 0 saturated carbocycles. The van der Waals surface area contributed by atoms with Gasteiger partial charge in [0.25, 0.3) is 0 Å². The normalized spacial score (nSPS) is 14.6. The summed E-state index contributed by atoms with van der Waals surface area (Å²) in [6.45, 7) is 12.2. The maximum atomic E-state index is 5.70. The van der Waals surface area contributed by atoms with Gasteiger partial charge >= 0.3 is 0 Å². The first-order valence-electron chi connectivity index (χ1n) is 3.90. The maximum absolute atomic E-state index is 5.70. The Labute approximate surface area is 69.4 Å². The highest BCUT2D eigenvalue weighted by molar-refractivity contribution is 4.90. The Morgan fingerprint density at radius 2 is 2.09 bits per heavy atom. The smallest absolute Gasteiger partial charge is 0.0778 e. The molecule has 0 spiro atoms. The summed E-state index contributed by atoms with van der Waals surface area (Å²) < 4.78 is 5.53. The van der Waals surface area contributed by atoms with Crippen molar-refractivity contribution < 1.29 is 4.74 Å². The predicted octanol–water partition coefficient (Wildman–Crippen LogP) is 1.70. The van der Waals surface area contributed by atoms with Gasteiger partial charge in [-0.15, -0.1) is 0 Å². The molecule has 66 valence electrons. The zero-order valence-corrected chi connectivity index (χ0v) is 7.98. The third-order valence-corrected chi connectivity index (χ3v) is 1.79. The van der Waals surface area contributed by atoms with E-state index < -0.39 is 0 Å². The molecule has 0 aromatic carbocycles. The lowest BCUT2D eigenvalue weighted by Crippen LogP contribution is -2.43. The van der Waals surface area contributed by atoms with Crippen LogP contribution in [0.2, 0.25) is 0 Å².